The summed E-state index contributed by atoms with van der Waals surface area (Å²) >= 11 is 8.83. The molecule has 0 aliphatic rings. The van der Waals surface area contributed by atoms with Crippen molar-refractivity contribution in [2.45, 2.75) is 33.4 Å². The summed E-state index contributed by atoms with van der Waals surface area (Å²) in [5.74, 6) is 0. The Morgan fingerprint density at radius 2 is 1.93 bits per heavy atom. The summed E-state index contributed by atoms with van der Waals surface area (Å²) in [6.07, 6.45) is 6.67. The van der Waals surface area contributed by atoms with Crippen LogP contribution in [0.15, 0.2) is 47.3 Å². The van der Waals surface area contributed by atoms with Crippen LogP contribution in [0.3, 0.4) is 0 Å². The Labute approximate surface area is 173 Å². The van der Waals surface area contributed by atoms with Gasteiger partial charge in [0.25, 0.3) is 0 Å². The molecule has 0 radical (unpaired) electrons. The summed E-state index contributed by atoms with van der Waals surface area (Å²) in [4.78, 5) is 0. The number of rotatable bonds is 7. The van der Waals surface area contributed by atoms with Crippen molar-refractivity contribution in [1.82, 2.24) is 24.9 Å². The average molecular weight is 447 g/mol. The lowest BCUT2D eigenvalue weighted by Gasteiger charge is -2.09. The van der Waals surface area contributed by atoms with Gasteiger partial charge in [0.2, 0.25) is 0 Å². The predicted octanol–water partition coefficient (Wildman–Crippen LogP) is 3.88. The van der Waals surface area contributed by atoms with Gasteiger partial charge >= 0.3 is 0 Å². The van der Waals surface area contributed by atoms with Crippen molar-refractivity contribution in [3.8, 4) is 0 Å². The first-order valence-corrected chi connectivity index (χ1v) is 10.0. The van der Waals surface area contributed by atoms with Gasteiger partial charge in [0.15, 0.2) is 5.11 Å². The van der Waals surface area contributed by atoms with Crippen LogP contribution in [0.1, 0.15) is 23.2 Å². The number of nitrogens with zero attached hydrogens (tertiary/aromatic N) is 4. The maximum Gasteiger partial charge on any atom is 0.170 e. The molecule has 2 heterocycles. The number of anilines is 1. The number of benzene rings is 1. The topological polar surface area (TPSA) is 59.7 Å². The molecule has 27 heavy (non-hydrogen) atoms. The lowest BCUT2D eigenvalue weighted by atomic mass is 10.1. The van der Waals surface area contributed by atoms with E-state index in [9.17, 15) is 0 Å². The van der Waals surface area contributed by atoms with E-state index in [1.807, 2.05) is 28.7 Å². The molecule has 6 nitrogen and oxygen atoms in total. The second kappa shape index (κ2) is 9.14. The van der Waals surface area contributed by atoms with E-state index in [-0.39, 0.29) is 0 Å². The quantitative estimate of drug-likeness (QED) is 0.425. The summed E-state index contributed by atoms with van der Waals surface area (Å²) < 4.78 is 4.87. The molecule has 3 aromatic rings. The number of hydrogen-bond donors (Lipinski definition) is 2. The van der Waals surface area contributed by atoms with Gasteiger partial charge in [-0.25, -0.2) is 0 Å². The van der Waals surface area contributed by atoms with Crippen LogP contribution >= 0.6 is 28.1 Å². The van der Waals surface area contributed by atoms with Crippen LogP contribution in [-0.4, -0.2) is 31.2 Å². The molecule has 2 N–H and O–H groups in total. The molecular weight excluding hydrogens is 424 g/mol. The highest BCUT2D eigenvalue weighted by molar-refractivity contribution is 9.10. The molecule has 0 atom stereocenters. The summed E-state index contributed by atoms with van der Waals surface area (Å²) in [5.41, 5.74) is 4.36. The van der Waals surface area contributed by atoms with Gasteiger partial charge in [-0.15, -0.1) is 0 Å². The first-order valence-electron chi connectivity index (χ1n) is 8.82. The van der Waals surface area contributed by atoms with Gasteiger partial charge in [-0.2, -0.15) is 10.2 Å². The molecule has 2 aromatic heterocycles. The molecule has 0 fully saturated rings. The Kier molecular flexibility index (Phi) is 6.63. The first-order chi connectivity index (χ1) is 13.0. The Balaban J connectivity index is 1.40. The monoisotopic (exact) mass is 446 g/mol. The third kappa shape index (κ3) is 5.90. The van der Waals surface area contributed by atoms with E-state index >= 15 is 0 Å². The van der Waals surface area contributed by atoms with Crippen molar-refractivity contribution in [1.29, 1.82) is 0 Å². The van der Waals surface area contributed by atoms with E-state index in [1.165, 1.54) is 11.1 Å². The van der Waals surface area contributed by atoms with Crippen molar-refractivity contribution in [2.24, 2.45) is 0 Å². The molecule has 3 rings (SSSR count). The molecule has 0 saturated carbocycles. The zero-order chi connectivity index (χ0) is 19.2. The van der Waals surface area contributed by atoms with Crippen molar-refractivity contribution in [2.75, 3.05) is 11.9 Å². The highest BCUT2D eigenvalue weighted by Crippen LogP contribution is 2.13. The fourth-order valence-corrected chi connectivity index (χ4v) is 3.16. The van der Waals surface area contributed by atoms with Gasteiger partial charge in [0.05, 0.1) is 28.6 Å². The number of hydrogen-bond acceptors (Lipinski definition) is 3. The van der Waals surface area contributed by atoms with Crippen LogP contribution in [0.25, 0.3) is 0 Å². The highest BCUT2D eigenvalue weighted by atomic mass is 79.9. The fourth-order valence-electron chi connectivity index (χ4n) is 2.62. The van der Waals surface area contributed by atoms with E-state index in [4.69, 9.17) is 12.2 Å². The van der Waals surface area contributed by atoms with E-state index in [0.717, 1.165) is 41.9 Å². The molecule has 0 unspecified atom stereocenters. The van der Waals surface area contributed by atoms with E-state index < -0.39 is 0 Å². The Morgan fingerprint density at radius 3 is 2.63 bits per heavy atom. The Hall–Kier alpha value is -2.19. The van der Waals surface area contributed by atoms with Gasteiger partial charge in [-0.1, -0.05) is 29.8 Å². The molecule has 0 bridgehead atoms. The minimum atomic E-state index is 0.600. The molecule has 0 aliphatic heterocycles. The second-order valence-corrected chi connectivity index (χ2v) is 7.73. The number of aromatic nitrogens is 4. The average Bonchev–Trinajstić information content (AvgIpc) is 3.20. The maximum absolute atomic E-state index is 5.36. The van der Waals surface area contributed by atoms with Crippen LogP contribution in [0.5, 0.6) is 0 Å². The molecule has 142 valence electrons. The maximum atomic E-state index is 5.36. The van der Waals surface area contributed by atoms with Crippen LogP contribution in [0.2, 0.25) is 0 Å². The van der Waals surface area contributed by atoms with Crippen molar-refractivity contribution in [3.63, 3.8) is 0 Å². The first kappa shape index (κ1) is 19.6. The normalized spacial score (nSPS) is 10.8. The van der Waals surface area contributed by atoms with Crippen molar-refractivity contribution in [3.05, 3.63) is 64.1 Å². The summed E-state index contributed by atoms with van der Waals surface area (Å²) in [5, 5.41) is 15.8. The summed E-state index contributed by atoms with van der Waals surface area (Å²) in [6.45, 7) is 6.43. The van der Waals surface area contributed by atoms with Gasteiger partial charge in [0, 0.05) is 25.5 Å². The van der Waals surface area contributed by atoms with Crippen LogP contribution in [0, 0.1) is 13.8 Å². The van der Waals surface area contributed by atoms with Gasteiger partial charge < -0.3 is 10.6 Å². The molecule has 0 saturated heterocycles. The zero-order valence-electron chi connectivity index (χ0n) is 15.4. The molecule has 8 heteroatoms. The predicted molar refractivity (Wildman–Crippen MR) is 116 cm³/mol. The Bertz CT molecular complexity index is 880. The molecule has 1 aromatic carbocycles. The van der Waals surface area contributed by atoms with Gasteiger partial charge in [-0.05, 0) is 54.0 Å². The van der Waals surface area contributed by atoms with E-state index in [1.54, 1.807) is 6.20 Å². The minimum Gasteiger partial charge on any atom is -0.362 e. The number of aryl methyl sites for hydroxylation is 3. The molecular formula is C19H23BrN6S. The second-order valence-electron chi connectivity index (χ2n) is 6.47. The third-order valence-electron chi connectivity index (χ3n) is 4.09. The summed E-state index contributed by atoms with van der Waals surface area (Å²) in [6, 6.07) is 8.46. The molecule has 0 amide bonds. The Morgan fingerprint density at radius 1 is 1.15 bits per heavy atom. The standard InChI is InChI=1S/C19H23BrN6S/c1-14-4-6-16(7-5-14)11-26-12-17(10-22-26)23-19(27)21-8-3-9-25-13-18(20)15(2)24-25/h4-7,10,12-13H,3,8-9,11H2,1-2H3,(H2,21,23,27). The van der Waals surface area contributed by atoms with Crippen LogP contribution in [-0.2, 0) is 13.1 Å². The smallest absolute Gasteiger partial charge is 0.170 e. The molecule has 0 aliphatic carbocycles. The third-order valence-corrected chi connectivity index (χ3v) is 5.12. The lowest BCUT2D eigenvalue weighted by molar-refractivity contribution is 0.570. The number of halogens is 1. The SMILES string of the molecule is Cc1ccc(Cn2cc(NC(=S)NCCCn3cc(Br)c(C)n3)cn2)cc1. The number of thiocarbonyl (C=S) groups is 1. The summed E-state index contributed by atoms with van der Waals surface area (Å²) in [7, 11) is 0. The molecule has 0 spiro atoms. The van der Waals surface area contributed by atoms with Crippen molar-refractivity contribution < 1.29 is 0 Å². The highest BCUT2D eigenvalue weighted by Gasteiger charge is 2.03. The van der Waals surface area contributed by atoms with E-state index in [2.05, 4.69) is 68.0 Å². The van der Waals surface area contributed by atoms with Crippen LogP contribution < -0.4 is 10.6 Å². The van der Waals surface area contributed by atoms with Crippen molar-refractivity contribution >= 4 is 38.9 Å². The lowest BCUT2D eigenvalue weighted by Crippen LogP contribution is -2.29. The number of nitrogens with one attached hydrogen (secondary N) is 2. The van der Waals surface area contributed by atoms with Gasteiger partial charge in [-0.3, -0.25) is 9.36 Å². The van der Waals surface area contributed by atoms with E-state index in [0.29, 0.717) is 5.11 Å². The largest absolute Gasteiger partial charge is 0.362 e. The van der Waals surface area contributed by atoms with Crippen LogP contribution in [0.4, 0.5) is 5.69 Å². The minimum absolute atomic E-state index is 0.600. The fraction of sp³-hybridized carbons (Fsp3) is 0.316. The zero-order valence-corrected chi connectivity index (χ0v) is 17.8. The van der Waals surface area contributed by atoms with Gasteiger partial charge in [0.1, 0.15) is 0 Å².